The zero-order valence-corrected chi connectivity index (χ0v) is 15.9. The zero-order valence-electron chi connectivity index (χ0n) is 15.9. The van der Waals surface area contributed by atoms with Crippen LogP contribution in [0.5, 0.6) is 5.75 Å². The number of carbonyl (C=O) groups excluding carboxylic acids is 2. The zero-order chi connectivity index (χ0) is 19.5. The van der Waals surface area contributed by atoms with Crippen molar-refractivity contribution >= 4 is 23.7 Å². The predicted molar refractivity (Wildman–Crippen MR) is 107 cm³/mol. The van der Waals surface area contributed by atoms with Crippen LogP contribution < -0.4 is 10.1 Å². The number of rotatable bonds is 5. The third-order valence-corrected chi connectivity index (χ3v) is 5.06. The van der Waals surface area contributed by atoms with Crippen LogP contribution in [0.25, 0.3) is 6.08 Å². The van der Waals surface area contributed by atoms with Crippen LogP contribution in [0.1, 0.15) is 23.1 Å². The second-order valence-electron chi connectivity index (χ2n) is 7.39. The number of amides is 2. The molecule has 1 saturated heterocycles. The van der Waals surface area contributed by atoms with Crippen LogP contribution in [0.15, 0.2) is 42.6 Å². The van der Waals surface area contributed by atoms with E-state index in [0.29, 0.717) is 44.3 Å². The summed E-state index contributed by atoms with van der Waals surface area (Å²) in [5.74, 6) is 1.85. The number of nitrogens with zero attached hydrogens (tertiary/aromatic N) is 2. The molecule has 2 aliphatic rings. The van der Waals surface area contributed by atoms with Crippen molar-refractivity contribution in [3.63, 3.8) is 0 Å². The molecule has 6 heteroatoms. The van der Waals surface area contributed by atoms with Crippen LogP contribution in [-0.2, 0) is 16.0 Å². The smallest absolute Gasteiger partial charge is 0.246 e. The first kappa shape index (κ1) is 18.2. The molecule has 1 aromatic heterocycles. The average molecular weight is 377 g/mol. The number of ether oxygens (including phenoxy) is 1. The molecular formula is C22H23N3O3. The van der Waals surface area contributed by atoms with Gasteiger partial charge in [-0.05, 0) is 48.7 Å². The van der Waals surface area contributed by atoms with E-state index in [1.165, 1.54) is 5.56 Å². The van der Waals surface area contributed by atoms with Gasteiger partial charge in [-0.1, -0.05) is 17.7 Å². The lowest BCUT2D eigenvalue weighted by Crippen LogP contribution is -2.51. The molecule has 0 atom stereocenters. The third kappa shape index (κ3) is 4.22. The first-order valence-electron chi connectivity index (χ1n) is 9.52. The van der Waals surface area contributed by atoms with Gasteiger partial charge in [0.1, 0.15) is 11.6 Å². The second-order valence-corrected chi connectivity index (χ2v) is 7.39. The van der Waals surface area contributed by atoms with Crippen LogP contribution in [-0.4, -0.2) is 41.4 Å². The molecule has 0 aliphatic carbocycles. The lowest BCUT2D eigenvalue weighted by Gasteiger charge is -2.38. The normalized spacial score (nSPS) is 16.5. The van der Waals surface area contributed by atoms with Crippen molar-refractivity contribution < 1.29 is 14.3 Å². The van der Waals surface area contributed by atoms with Crippen molar-refractivity contribution in [2.24, 2.45) is 5.92 Å². The molecule has 0 unspecified atom stereocenters. The van der Waals surface area contributed by atoms with Gasteiger partial charge in [0.15, 0.2) is 0 Å². The number of hydrogen-bond acceptors (Lipinski definition) is 4. The fraction of sp³-hybridized carbons (Fsp3) is 0.318. The van der Waals surface area contributed by atoms with Crippen LogP contribution in [0, 0.1) is 12.8 Å². The van der Waals surface area contributed by atoms with Crippen LogP contribution in [0.3, 0.4) is 0 Å². The lowest BCUT2D eigenvalue weighted by molar-refractivity contribution is -0.132. The number of fused-ring (bicyclic) bond motifs is 1. The highest BCUT2D eigenvalue weighted by Crippen LogP contribution is 2.22. The van der Waals surface area contributed by atoms with E-state index in [9.17, 15) is 9.59 Å². The van der Waals surface area contributed by atoms with Crippen molar-refractivity contribution in [1.82, 2.24) is 9.88 Å². The fourth-order valence-electron chi connectivity index (χ4n) is 3.34. The van der Waals surface area contributed by atoms with Crippen LogP contribution in [0.4, 0.5) is 5.82 Å². The highest BCUT2D eigenvalue weighted by atomic mass is 16.5. The molecule has 1 aromatic carbocycles. The van der Waals surface area contributed by atoms with Gasteiger partial charge in [0.25, 0.3) is 0 Å². The SMILES string of the molecule is Cc1ccc(OCC2CN(C(=O)/C=C/c3cnc4c(c3)CCC(=O)N4)C2)cc1. The van der Waals surface area contributed by atoms with Gasteiger partial charge in [-0.3, -0.25) is 9.59 Å². The second kappa shape index (κ2) is 7.84. The van der Waals surface area contributed by atoms with Crippen molar-refractivity contribution in [1.29, 1.82) is 0 Å². The van der Waals surface area contributed by atoms with E-state index in [4.69, 9.17) is 4.74 Å². The van der Waals surface area contributed by atoms with Gasteiger partial charge < -0.3 is 15.0 Å². The average Bonchev–Trinajstić information content (AvgIpc) is 2.66. The summed E-state index contributed by atoms with van der Waals surface area (Å²) < 4.78 is 5.79. The van der Waals surface area contributed by atoms with Crippen LogP contribution >= 0.6 is 0 Å². The van der Waals surface area contributed by atoms with Gasteiger partial charge in [0, 0.05) is 37.7 Å². The molecule has 0 radical (unpaired) electrons. The minimum Gasteiger partial charge on any atom is -0.493 e. The molecule has 0 saturated carbocycles. The predicted octanol–water partition coefficient (Wildman–Crippen LogP) is 2.83. The van der Waals surface area contributed by atoms with Crippen molar-refractivity contribution in [3.8, 4) is 5.75 Å². The Balaban J connectivity index is 1.25. The van der Waals surface area contributed by atoms with E-state index in [1.807, 2.05) is 42.2 Å². The summed E-state index contributed by atoms with van der Waals surface area (Å²) in [6.07, 6.45) is 6.19. The number of nitrogens with one attached hydrogen (secondary N) is 1. The molecular weight excluding hydrogens is 354 g/mol. The van der Waals surface area contributed by atoms with E-state index in [-0.39, 0.29) is 11.8 Å². The minimum atomic E-state index is -0.00262. The molecule has 0 bridgehead atoms. The quantitative estimate of drug-likeness (QED) is 0.814. The number of likely N-dealkylation sites (tertiary alicyclic amines) is 1. The molecule has 28 heavy (non-hydrogen) atoms. The first-order chi connectivity index (χ1) is 13.6. The Labute approximate surface area is 164 Å². The number of pyridine rings is 1. The molecule has 2 amide bonds. The van der Waals surface area contributed by atoms with Gasteiger partial charge in [-0.25, -0.2) is 4.98 Å². The maximum absolute atomic E-state index is 12.3. The van der Waals surface area contributed by atoms with Crippen LogP contribution in [0.2, 0.25) is 0 Å². The summed E-state index contributed by atoms with van der Waals surface area (Å²) >= 11 is 0. The number of aryl methyl sites for hydroxylation is 2. The van der Waals surface area contributed by atoms with E-state index in [2.05, 4.69) is 10.3 Å². The number of carbonyl (C=O) groups is 2. The third-order valence-electron chi connectivity index (χ3n) is 5.06. The number of benzene rings is 1. The van der Waals surface area contributed by atoms with Gasteiger partial charge in [0.05, 0.1) is 6.61 Å². The largest absolute Gasteiger partial charge is 0.493 e. The first-order valence-corrected chi connectivity index (χ1v) is 9.52. The van der Waals surface area contributed by atoms with Gasteiger partial charge in [-0.2, -0.15) is 0 Å². The van der Waals surface area contributed by atoms with Crippen molar-refractivity contribution in [2.75, 3.05) is 25.0 Å². The highest BCUT2D eigenvalue weighted by Gasteiger charge is 2.29. The van der Waals surface area contributed by atoms with Gasteiger partial charge >= 0.3 is 0 Å². The molecule has 0 spiro atoms. The molecule has 2 aliphatic heterocycles. The summed E-state index contributed by atoms with van der Waals surface area (Å²) in [6.45, 7) is 4.09. The Morgan fingerprint density at radius 3 is 2.86 bits per heavy atom. The maximum Gasteiger partial charge on any atom is 0.246 e. The highest BCUT2D eigenvalue weighted by molar-refractivity contribution is 5.94. The van der Waals surface area contributed by atoms with E-state index in [1.54, 1.807) is 18.3 Å². The van der Waals surface area contributed by atoms with Gasteiger partial charge in [0.2, 0.25) is 11.8 Å². The van der Waals surface area contributed by atoms with Crippen molar-refractivity contribution in [2.45, 2.75) is 19.8 Å². The number of aromatic nitrogens is 1. The topological polar surface area (TPSA) is 71.5 Å². The molecule has 144 valence electrons. The van der Waals surface area contributed by atoms with Crippen molar-refractivity contribution in [3.05, 3.63) is 59.3 Å². The lowest BCUT2D eigenvalue weighted by atomic mass is 10.0. The maximum atomic E-state index is 12.3. The summed E-state index contributed by atoms with van der Waals surface area (Å²) in [5, 5.41) is 2.76. The van der Waals surface area contributed by atoms with Gasteiger partial charge in [-0.15, -0.1) is 0 Å². The Morgan fingerprint density at radius 2 is 2.07 bits per heavy atom. The molecule has 3 heterocycles. The monoisotopic (exact) mass is 377 g/mol. The summed E-state index contributed by atoms with van der Waals surface area (Å²) in [4.78, 5) is 29.8. The number of anilines is 1. The van der Waals surface area contributed by atoms with E-state index in [0.717, 1.165) is 16.9 Å². The molecule has 1 N–H and O–H groups in total. The Bertz CT molecular complexity index is 915. The van der Waals surface area contributed by atoms with E-state index >= 15 is 0 Å². The Hall–Kier alpha value is -3.15. The summed E-state index contributed by atoms with van der Waals surface area (Å²) in [6, 6.07) is 9.97. The minimum absolute atomic E-state index is 0.00221. The number of hydrogen-bond donors (Lipinski definition) is 1. The summed E-state index contributed by atoms with van der Waals surface area (Å²) in [7, 11) is 0. The standard InChI is InChI=1S/C22H23N3O3/c1-15-2-6-19(7-3-15)28-14-17-12-25(13-17)21(27)9-4-16-10-18-5-8-20(26)24-22(18)23-11-16/h2-4,6-7,9-11,17H,5,8,12-14H2,1H3,(H,23,24,26)/b9-4+. The fourth-order valence-corrected chi connectivity index (χ4v) is 3.34. The summed E-state index contributed by atoms with van der Waals surface area (Å²) in [5.41, 5.74) is 3.08. The Morgan fingerprint density at radius 1 is 1.29 bits per heavy atom. The Kier molecular flexibility index (Phi) is 5.10. The molecule has 2 aromatic rings. The molecule has 1 fully saturated rings. The van der Waals surface area contributed by atoms with E-state index < -0.39 is 0 Å². The molecule has 6 nitrogen and oxygen atoms in total. The molecule has 4 rings (SSSR count).